The molecule has 0 bridgehead atoms. The quantitative estimate of drug-likeness (QED) is 0.176. The summed E-state index contributed by atoms with van der Waals surface area (Å²) in [6, 6.07) is 30.3. The molecule has 0 radical (unpaired) electrons. The van der Waals surface area contributed by atoms with Crippen molar-refractivity contribution in [1.82, 2.24) is 19.5 Å². The van der Waals surface area contributed by atoms with Crippen molar-refractivity contribution in [3.8, 4) is 51.0 Å². The summed E-state index contributed by atoms with van der Waals surface area (Å²) in [7, 11) is 0. The van der Waals surface area contributed by atoms with Crippen molar-refractivity contribution < 1.29 is 23.9 Å². The fourth-order valence-corrected chi connectivity index (χ4v) is 7.74. The van der Waals surface area contributed by atoms with Gasteiger partial charge in [0.05, 0.1) is 37.2 Å². The standard InChI is InChI=1S/C51H30N4O2/c1-3-14-31(15-4-1)39-28-34(30-46-47(39)37-20-9-12-24-43(37)56-46)51-53-49(32-16-5-2-6-17-32)52-50(54-51)33-26-27-38-45(29-33)57-44-25-13-23-42(48(38)44)55-40-21-10-7-18-35(40)36-19-8-11-22-41(36)55/h1-30H/i7D,8D,10D,11D,13D,18D,19D,21D,23D,25D,29D. The number of rotatable bonds is 5. The van der Waals surface area contributed by atoms with Gasteiger partial charge in [-0.1, -0.05) is 127 Å². The fourth-order valence-electron chi connectivity index (χ4n) is 7.74. The Balaban J connectivity index is 1.13. The SMILES string of the molecule is [2H]c1cc2c(c([2H])c1[2H])c1c([2H])c([2H])c([2H])c([2H])c1n2-c1c([2H])c([2H])c([2H])c2oc3c([2H])c(-c4nc(-c5ccccc5)nc(-c5cc(-c6ccccc6)c6c(c5)oc5ccccc56)n4)ccc3c12. The minimum atomic E-state index is -0.600. The van der Waals surface area contributed by atoms with Gasteiger partial charge in [-0.2, -0.15) is 0 Å². The molecule has 6 heteroatoms. The zero-order valence-corrected chi connectivity index (χ0v) is 29.6. The Labute approximate surface area is 341 Å². The van der Waals surface area contributed by atoms with E-state index in [4.69, 9.17) is 36.1 Å². The number of hydrogen-bond donors (Lipinski definition) is 0. The van der Waals surface area contributed by atoms with Crippen molar-refractivity contribution in [1.29, 1.82) is 0 Å². The molecule has 0 saturated carbocycles. The average molecular weight is 742 g/mol. The number of aromatic nitrogens is 4. The molecular formula is C51H30N4O2. The lowest BCUT2D eigenvalue weighted by Crippen LogP contribution is -2.00. The molecule has 12 rings (SSSR count). The summed E-state index contributed by atoms with van der Waals surface area (Å²) >= 11 is 0. The Morgan fingerprint density at radius 3 is 1.93 bits per heavy atom. The summed E-state index contributed by atoms with van der Waals surface area (Å²) < 4.78 is 112. The molecule has 0 aliphatic carbocycles. The second-order valence-corrected chi connectivity index (χ2v) is 13.5. The lowest BCUT2D eigenvalue weighted by atomic mass is 9.97. The van der Waals surface area contributed by atoms with Crippen LogP contribution >= 0.6 is 0 Å². The molecule has 0 aliphatic heterocycles. The van der Waals surface area contributed by atoms with Crippen LogP contribution in [0.4, 0.5) is 0 Å². The molecule has 266 valence electrons. The lowest BCUT2D eigenvalue weighted by molar-refractivity contribution is 0.668. The highest BCUT2D eigenvalue weighted by Gasteiger charge is 2.21. The van der Waals surface area contributed by atoms with Crippen LogP contribution in [0.15, 0.2) is 191 Å². The first kappa shape index (κ1) is 22.5. The van der Waals surface area contributed by atoms with Crippen LogP contribution in [0.3, 0.4) is 0 Å². The van der Waals surface area contributed by atoms with Crippen LogP contribution in [0.2, 0.25) is 0 Å². The van der Waals surface area contributed by atoms with Gasteiger partial charge >= 0.3 is 0 Å². The van der Waals surface area contributed by atoms with E-state index in [-0.39, 0.29) is 72.9 Å². The zero-order chi connectivity index (χ0) is 47.0. The molecular weight excluding hydrogens is 701 g/mol. The summed E-state index contributed by atoms with van der Waals surface area (Å²) in [5.41, 5.74) is 4.23. The van der Waals surface area contributed by atoms with Crippen LogP contribution in [0.5, 0.6) is 0 Å². The van der Waals surface area contributed by atoms with Crippen molar-refractivity contribution in [2.45, 2.75) is 0 Å². The minimum absolute atomic E-state index is 0.0180. The van der Waals surface area contributed by atoms with Gasteiger partial charge in [-0.25, -0.2) is 15.0 Å². The van der Waals surface area contributed by atoms with Crippen LogP contribution in [0, 0.1) is 0 Å². The number of nitrogens with zero attached hydrogens (tertiary/aromatic N) is 4. The van der Waals surface area contributed by atoms with Crippen LogP contribution in [-0.4, -0.2) is 19.5 Å². The van der Waals surface area contributed by atoms with Crippen molar-refractivity contribution in [2.24, 2.45) is 0 Å². The van der Waals surface area contributed by atoms with Crippen molar-refractivity contribution >= 4 is 65.7 Å². The molecule has 4 heterocycles. The molecule has 0 N–H and O–H groups in total. The maximum absolute atomic E-state index is 9.71. The van der Waals surface area contributed by atoms with Crippen molar-refractivity contribution in [3.63, 3.8) is 0 Å². The molecule has 0 atom stereocenters. The van der Waals surface area contributed by atoms with Gasteiger partial charge in [0.15, 0.2) is 17.5 Å². The number of para-hydroxylation sites is 3. The average Bonchev–Trinajstić information content (AvgIpc) is 4.05. The van der Waals surface area contributed by atoms with Gasteiger partial charge in [0.1, 0.15) is 22.3 Å². The van der Waals surface area contributed by atoms with E-state index in [2.05, 4.69) is 0 Å². The third-order valence-electron chi connectivity index (χ3n) is 10.3. The third-order valence-corrected chi connectivity index (χ3v) is 10.3. The van der Waals surface area contributed by atoms with Crippen molar-refractivity contribution in [2.75, 3.05) is 0 Å². The number of hydrogen-bond acceptors (Lipinski definition) is 5. The predicted octanol–water partition coefficient (Wildman–Crippen LogP) is 13.4. The Morgan fingerprint density at radius 2 is 1.09 bits per heavy atom. The van der Waals surface area contributed by atoms with Gasteiger partial charge in [-0.15, -0.1) is 0 Å². The lowest BCUT2D eigenvalue weighted by Gasteiger charge is -2.11. The molecule has 0 spiro atoms. The van der Waals surface area contributed by atoms with Gasteiger partial charge < -0.3 is 13.4 Å². The van der Waals surface area contributed by atoms with E-state index in [1.54, 1.807) is 12.1 Å². The van der Waals surface area contributed by atoms with Crippen LogP contribution in [0.1, 0.15) is 15.1 Å². The highest BCUT2D eigenvalue weighted by atomic mass is 16.3. The van der Waals surface area contributed by atoms with E-state index >= 15 is 0 Å². The van der Waals surface area contributed by atoms with E-state index in [1.165, 1.54) is 10.6 Å². The molecule has 0 amide bonds. The Morgan fingerprint density at radius 1 is 0.421 bits per heavy atom. The molecule has 0 fully saturated rings. The Hall–Kier alpha value is -7.83. The van der Waals surface area contributed by atoms with Crippen LogP contribution in [0.25, 0.3) is 117 Å². The zero-order valence-electron chi connectivity index (χ0n) is 40.6. The maximum Gasteiger partial charge on any atom is 0.164 e. The summed E-state index contributed by atoms with van der Waals surface area (Å²) in [4.78, 5) is 14.9. The topological polar surface area (TPSA) is 69.9 Å². The first-order chi connectivity index (χ1) is 32.8. The van der Waals surface area contributed by atoms with E-state index in [0.29, 0.717) is 28.4 Å². The first-order valence-corrected chi connectivity index (χ1v) is 18.1. The van der Waals surface area contributed by atoms with E-state index in [9.17, 15) is 2.74 Å². The van der Waals surface area contributed by atoms with E-state index in [1.807, 2.05) is 97.1 Å². The highest BCUT2D eigenvalue weighted by molar-refractivity contribution is 6.15. The molecule has 6 nitrogen and oxygen atoms in total. The molecule has 0 unspecified atom stereocenters. The monoisotopic (exact) mass is 741 g/mol. The Bertz CT molecular complexity index is 4170. The molecule has 4 aromatic heterocycles. The summed E-state index contributed by atoms with van der Waals surface area (Å²) in [6.07, 6.45) is 0. The van der Waals surface area contributed by atoms with Gasteiger partial charge in [0.25, 0.3) is 0 Å². The fraction of sp³-hybridized carbons (Fsp3) is 0. The molecule has 8 aromatic carbocycles. The smallest absolute Gasteiger partial charge is 0.164 e. The Kier molecular flexibility index (Phi) is 4.88. The number of fused-ring (bicyclic) bond motifs is 9. The summed E-state index contributed by atoms with van der Waals surface area (Å²) in [5, 5.41) is 2.04. The second kappa shape index (κ2) is 12.3. The minimum Gasteiger partial charge on any atom is -0.456 e. The highest BCUT2D eigenvalue weighted by Crippen LogP contribution is 2.42. The maximum atomic E-state index is 9.71. The van der Waals surface area contributed by atoms with Gasteiger partial charge in [0, 0.05) is 43.6 Å². The van der Waals surface area contributed by atoms with Gasteiger partial charge in [0.2, 0.25) is 0 Å². The van der Waals surface area contributed by atoms with Gasteiger partial charge in [-0.05, 0) is 65.6 Å². The largest absolute Gasteiger partial charge is 0.456 e. The molecule has 12 aromatic rings. The summed E-state index contributed by atoms with van der Waals surface area (Å²) in [5.74, 6) is 0.736. The summed E-state index contributed by atoms with van der Waals surface area (Å²) in [6.45, 7) is 0. The third kappa shape index (κ3) is 4.94. The second-order valence-electron chi connectivity index (χ2n) is 13.5. The first-order valence-electron chi connectivity index (χ1n) is 23.6. The molecule has 57 heavy (non-hydrogen) atoms. The number of benzene rings is 8. The normalized spacial score (nSPS) is 14.6. The van der Waals surface area contributed by atoms with E-state index in [0.717, 1.165) is 27.5 Å². The van der Waals surface area contributed by atoms with Crippen LogP contribution in [-0.2, 0) is 0 Å². The van der Waals surface area contributed by atoms with E-state index < -0.39 is 54.4 Å². The van der Waals surface area contributed by atoms with Crippen LogP contribution < -0.4 is 0 Å². The predicted molar refractivity (Wildman–Crippen MR) is 230 cm³/mol. The number of furan rings is 2. The van der Waals surface area contributed by atoms with Gasteiger partial charge in [-0.3, -0.25) is 0 Å². The molecule has 0 saturated heterocycles. The van der Waals surface area contributed by atoms with Crippen molar-refractivity contribution in [3.05, 3.63) is 182 Å². The molecule has 0 aliphatic rings.